The minimum absolute atomic E-state index is 0.00321. The Morgan fingerprint density at radius 3 is 2.95 bits per heavy atom. The Kier molecular flexibility index (Phi) is 4.09. The number of nitrogens with zero attached hydrogens (tertiary/aromatic N) is 3. The predicted molar refractivity (Wildman–Crippen MR) is 67.7 cm³/mol. The van der Waals surface area contributed by atoms with Crippen LogP contribution in [0.2, 0.25) is 0 Å². The van der Waals surface area contributed by atoms with Gasteiger partial charge in [0.05, 0.1) is 23.9 Å². The molecule has 19 heavy (non-hydrogen) atoms. The normalized spacial score (nSPS) is 19.2. The molecule has 1 aromatic rings. The summed E-state index contributed by atoms with van der Waals surface area (Å²) in [6.45, 7) is 2.38. The van der Waals surface area contributed by atoms with E-state index in [9.17, 15) is 9.59 Å². The van der Waals surface area contributed by atoms with Gasteiger partial charge in [0.15, 0.2) is 0 Å². The van der Waals surface area contributed by atoms with Crippen LogP contribution in [0.4, 0.5) is 0 Å². The van der Waals surface area contributed by atoms with E-state index in [0.29, 0.717) is 17.8 Å². The topological polar surface area (TPSA) is 83.4 Å². The fourth-order valence-corrected chi connectivity index (χ4v) is 2.44. The van der Waals surface area contributed by atoms with Crippen LogP contribution in [0.1, 0.15) is 41.7 Å². The third kappa shape index (κ3) is 3.27. The van der Waals surface area contributed by atoms with Gasteiger partial charge in [-0.15, -0.1) is 0 Å². The number of aromatic nitrogens is 2. The van der Waals surface area contributed by atoms with E-state index in [0.717, 1.165) is 19.3 Å². The lowest BCUT2D eigenvalue weighted by molar-refractivity contribution is -0.138. The smallest absolute Gasteiger partial charge is 0.305 e. The Labute approximate surface area is 111 Å². The number of carboxylic acids is 1. The van der Waals surface area contributed by atoms with Crippen LogP contribution >= 0.6 is 0 Å². The lowest BCUT2D eigenvalue weighted by Crippen LogP contribution is -2.44. The number of carbonyl (C=O) groups is 2. The zero-order chi connectivity index (χ0) is 13.8. The van der Waals surface area contributed by atoms with E-state index in [2.05, 4.69) is 10.2 Å². The first-order chi connectivity index (χ1) is 9.08. The monoisotopic (exact) mass is 263 g/mol. The third-order valence-electron chi connectivity index (χ3n) is 3.32. The highest BCUT2D eigenvalue weighted by Crippen LogP contribution is 2.21. The molecule has 1 atom stereocenters. The Morgan fingerprint density at radius 1 is 1.47 bits per heavy atom. The van der Waals surface area contributed by atoms with Gasteiger partial charge in [0.1, 0.15) is 0 Å². The van der Waals surface area contributed by atoms with Crippen LogP contribution in [-0.2, 0) is 4.79 Å². The maximum Gasteiger partial charge on any atom is 0.305 e. The van der Waals surface area contributed by atoms with E-state index in [4.69, 9.17) is 5.11 Å². The van der Waals surface area contributed by atoms with Gasteiger partial charge in [-0.2, -0.15) is 10.2 Å². The summed E-state index contributed by atoms with van der Waals surface area (Å²) in [4.78, 5) is 24.9. The van der Waals surface area contributed by atoms with Crippen molar-refractivity contribution in [2.24, 2.45) is 0 Å². The molecule has 1 aliphatic heterocycles. The van der Waals surface area contributed by atoms with Gasteiger partial charge in [-0.3, -0.25) is 9.59 Å². The molecule has 6 heteroatoms. The van der Waals surface area contributed by atoms with Crippen LogP contribution in [0.3, 0.4) is 0 Å². The maximum atomic E-state index is 12.4. The first kappa shape index (κ1) is 13.5. The highest BCUT2D eigenvalue weighted by Gasteiger charge is 2.29. The maximum absolute atomic E-state index is 12.4. The zero-order valence-electron chi connectivity index (χ0n) is 10.9. The molecule has 0 saturated carbocycles. The molecular weight excluding hydrogens is 246 g/mol. The number of hydrogen-bond acceptors (Lipinski definition) is 4. The molecule has 1 fully saturated rings. The summed E-state index contributed by atoms with van der Waals surface area (Å²) in [6, 6.07) is 1.47. The Bertz CT molecular complexity index is 490. The number of likely N-dealkylation sites (tertiary alicyclic amines) is 1. The van der Waals surface area contributed by atoms with Crippen molar-refractivity contribution in [1.29, 1.82) is 0 Å². The molecule has 0 bridgehead atoms. The lowest BCUT2D eigenvalue weighted by Gasteiger charge is -2.35. The first-order valence-corrected chi connectivity index (χ1v) is 6.40. The predicted octanol–water partition coefficient (Wildman–Crippen LogP) is 1.25. The Morgan fingerprint density at radius 2 is 2.26 bits per heavy atom. The number of amides is 1. The summed E-state index contributed by atoms with van der Waals surface area (Å²) in [5.74, 6) is -1.02. The summed E-state index contributed by atoms with van der Waals surface area (Å²) in [6.07, 6.45) is 4.06. The molecule has 1 aliphatic rings. The van der Waals surface area contributed by atoms with Crippen LogP contribution in [0.15, 0.2) is 12.3 Å². The van der Waals surface area contributed by atoms with Crippen LogP contribution < -0.4 is 0 Å². The van der Waals surface area contributed by atoms with Crippen molar-refractivity contribution in [2.45, 2.75) is 38.6 Å². The summed E-state index contributed by atoms with van der Waals surface area (Å²) in [5.41, 5.74) is 1.16. The first-order valence-electron chi connectivity index (χ1n) is 6.40. The number of aryl methyl sites for hydroxylation is 1. The second-order valence-electron chi connectivity index (χ2n) is 4.83. The van der Waals surface area contributed by atoms with Gasteiger partial charge in [-0.25, -0.2) is 0 Å². The minimum atomic E-state index is -0.867. The van der Waals surface area contributed by atoms with Crippen LogP contribution in [0.5, 0.6) is 0 Å². The molecule has 0 aromatic carbocycles. The molecule has 1 aromatic heterocycles. The molecular formula is C13H17N3O3. The zero-order valence-corrected chi connectivity index (χ0v) is 10.9. The fraction of sp³-hybridized carbons (Fsp3) is 0.538. The minimum Gasteiger partial charge on any atom is -0.481 e. The Balaban J connectivity index is 2.17. The molecule has 0 spiro atoms. The van der Waals surface area contributed by atoms with E-state index >= 15 is 0 Å². The molecule has 2 heterocycles. The largest absolute Gasteiger partial charge is 0.481 e. The van der Waals surface area contributed by atoms with E-state index in [1.54, 1.807) is 17.9 Å². The number of carboxylic acid groups (broad SMARTS) is 1. The molecule has 1 unspecified atom stereocenters. The molecule has 0 aliphatic carbocycles. The van der Waals surface area contributed by atoms with E-state index in [1.807, 2.05) is 0 Å². The number of hydrogen-bond donors (Lipinski definition) is 1. The van der Waals surface area contributed by atoms with Gasteiger partial charge in [0.2, 0.25) is 0 Å². The van der Waals surface area contributed by atoms with Gasteiger partial charge in [0.25, 0.3) is 5.91 Å². The molecule has 6 nitrogen and oxygen atoms in total. The number of aliphatic carboxylic acids is 1. The van der Waals surface area contributed by atoms with E-state index < -0.39 is 5.97 Å². The molecule has 1 amide bonds. The summed E-state index contributed by atoms with van der Waals surface area (Å²) >= 11 is 0. The molecule has 1 N–H and O–H groups in total. The van der Waals surface area contributed by atoms with Gasteiger partial charge in [-0.1, -0.05) is 0 Å². The molecule has 0 radical (unpaired) electrons. The standard InChI is InChI=1S/C13H17N3O3/c1-9-6-10(8-14-15-9)13(19)16-5-3-2-4-11(16)7-12(17)18/h6,8,11H,2-5,7H2,1H3,(H,17,18). The number of carbonyl (C=O) groups excluding carboxylic acids is 1. The van der Waals surface area contributed by atoms with E-state index in [1.165, 1.54) is 6.20 Å². The van der Waals surface area contributed by atoms with Gasteiger partial charge in [-0.05, 0) is 32.3 Å². The second kappa shape index (κ2) is 5.77. The van der Waals surface area contributed by atoms with E-state index in [-0.39, 0.29) is 18.4 Å². The average molecular weight is 263 g/mol. The van der Waals surface area contributed by atoms with Crippen molar-refractivity contribution < 1.29 is 14.7 Å². The van der Waals surface area contributed by atoms with Gasteiger partial charge >= 0.3 is 5.97 Å². The lowest BCUT2D eigenvalue weighted by atomic mass is 9.98. The second-order valence-corrected chi connectivity index (χ2v) is 4.83. The Hall–Kier alpha value is -1.98. The quantitative estimate of drug-likeness (QED) is 0.887. The molecule has 2 rings (SSSR count). The van der Waals surface area contributed by atoms with Gasteiger partial charge in [0, 0.05) is 12.6 Å². The molecule has 102 valence electrons. The van der Waals surface area contributed by atoms with Crippen molar-refractivity contribution in [1.82, 2.24) is 15.1 Å². The van der Waals surface area contributed by atoms with Crippen molar-refractivity contribution in [2.75, 3.05) is 6.54 Å². The van der Waals surface area contributed by atoms with Crippen molar-refractivity contribution >= 4 is 11.9 Å². The van der Waals surface area contributed by atoms with Gasteiger partial charge < -0.3 is 10.0 Å². The van der Waals surface area contributed by atoms with Crippen molar-refractivity contribution in [3.05, 3.63) is 23.5 Å². The van der Waals surface area contributed by atoms with Crippen molar-refractivity contribution in [3.8, 4) is 0 Å². The SMILES string of the molecule is Cc1cc(C(=O)N2CCCCC2CC(=O)O)cnn1. The summed E-state index contributed by atoms with van der Waals surface area (Å²) in [7, 11) is 0. The van der Waals surface area contributed by atoms with Crippen LogP contribution in [-0.4, -0.2) is 44.7 Å². The summed E-state index contributed by atoms with van der Waals surface area (Å²) in [5, 5.41) is 16.5. The molecule has 1 saturated heterocycles. The van der Waals surface area contributed by atoms with Crippen LogP contribution in [0.25, 0.3) is 0 Å². The summed E-state index contributed by atoms with van der Waals surface area (Å²) < 4.78 is 0. The van der Waals surface area contributed by atoms with Crippen molar-refractivity contribution in [3.63, 3.8) is 0 Å². The number of rotatable bonds is 3. The fourth-order valence-electron chi connectivity index (χ4n) is 2.44. The highest BCUT2D eigenvalue weighted by atomic mass is 16.4. The number of piperidine rings is 1. The van der Waals surface area contributed by atoms with Crippen LogP contribution in [0, 0.1) is 6.92 Å². The highest BCUT2D eigenvalue weighted by molar-refractivity contribution is 5.94. The third-order valence-corrected chi connectivity index (χ3v) is 3.32. The average Bonchev–Trinajstić information content (AvgIpc) is 2.38.